The zero-order valence-corrected chi connectivity index (χ0v) is 19.3. The molecule has 4 aromatic heterocycles. The molecule has 0 saturated carbocycles. The lowest BCUT2D eigenvalue weighted by Gasteiger charge is -2.03. The van der Waals surface area contributed by atoms with Crippen LogP contribution in [-0.2, 0) is 27.4 Å². The summed E-state index contributed by atoms with van der Waals surface area (Å²) in [5.74, 6) is -1.36. The number of carbonyl (C=O) groups excluding carboxylic acids is 1. The Hall–Kier alpha value is -4.28. The van der Waals surface area contributed by atoms with E-state index in [-0.39, 0.29) is 11.5 Å². The van der Waals surface area contributed by atoms with Crippen molar-refractivity contribution >= 4 is 23.0 Å². The summed E-state index contributed by atoms with van der Waals surface area (Å²) in [5, 5.41) is 17.0. The number of aromatic carboxylic acids is 1. The molecule has 0 fully saturated rings. The quantitative estimate of drug-likeness (QED) is 0.209. The van der Waals surface area contributed by atoms with Gasteiger partial charge in [-0.2, -0.15) is 10.2 Å². The smallest absolute Gasteiger partial charge is 0.341 e. The third-order valence-corrected chi connectivity index (χ3v) is 4.80. The third kappa shape index (κ3) is 6.40. The van der Waals surface area contributed by atoms with Crippen LogP contribution in [0.3, 0.4) is 0 Å². The number of esters is 1. The molecule has 0 spiro atoms. The van der Waals surface area contributed by atoms with Crippen molar-refractivity contribution in [2.24, 2.45) is 0 Å². The molecule has 35 heavy (non-hydrogen) atoms. The second-order valence-electron chi connectivity index (χ2n) is 7.26. The number of carbonyl (C=O) groups is 2. The molecule has 4 aromatic rings. The van der Waals surface area contributed by atoms with Crippen LogP contribution in [0.2, 0.25) is 0 Å². The largest absolute Gasteiger partial charge is 0.478 e. The standard InChI is InChI=1S/C13H14N2O3.C12H12N2O3/c1-3-6-18-9-10-4-5-12-11(13(16)17-2)7-14-15(12)8-10;1-2-5-17-8-9-3-4-11-10(12(15)16)6-13-14(11)7-9/h3-5,7-8H,1,6,9H2,2H3;2-4,6-7H,1,5,8H2,(H,15,16). The average molecular weight is 479 g/mol. The summed E-state index contributed by atoms with van der Waals surface area (Å²) in [4.78, 5) is 22.4. The van der Waals surface area contributed by atoms with Crippen LogP contribution in [0, 0.1) is 0 Å². The van der Waals surface area contributed by atoms with Crippen LogP contribution in [-0.4, -0.2) is 56.6 Å². The summed E-state index contributed by atoms with van der Waals surface area (Å²) in [6, 6.07) is 7.27. The number of fused-ring (bicyclic) bond motifs is 2. The predicted molar refractivity (Wildman–Crippen MR) is 128 cm³/mol. The molecule has 0 amide bonds. The molecule has 10 heteroatoms. The molecule has 0 aromatic carbocycles. The fraction of sp³-hybridized carbons (Fsp3) is 0.200. The molecule has 0 aliphatic heterocycles. The van der Waals surface area contributed by atoms with Gasteiger partial charge in [-0.15, -0.1) is 13.2 Å². The van der Waals surface area contributed by atoms with Crippen molar-refractivity contribution in [3.63, 3.8) is 0 Å². The van der Waals surface area contributed by atoms with E-state index in [1.54, 1.807) is 28.9 Å². The molecule has 0 atom stereocenters. The van der Waals surface area contributed by atoms with Gasteiger partial charge >= 0.3 is 11.9 Å². The van der Waals surface area contributed by atoms with Gasteiger partial charge in [0.05, 0.1) is 57.0 Å². The number of methoxy groups -OCH3 is 1. The lowest BCUT2D eigenvalue weighted by atomic mass is 10.2. The topological polar surface area (TPSA) is 117 Å². The van der Waals surface area contributed by atoms with E-state index in [0.717, 1.165) is 11.1 Å². The number of ether oxygens (including phenoxy) is 3. The lowest BCUT2D eigenvalue weighted by molar-refractivity contribution is 0.0602. The van der Waals surface area contributed by atoms with E-state index >= 15 is 0 Å². The first-order valence-electron chi connectivity index (χ1n) is 10.6. The van der Waals surface area contributed by atoms with Gasteiger partial charge in [-0.05, 0) is 23.3 Å². The molecule has 182 valence electrons. The zero-order valence-electron chi connectivity index (χ0n) is 19.3. The first kappa shape index (κ1) is 25.3. The Labute approximate surface area is 201 Å². The molecule has 4 heterocycles. The predicted octanol–water partition coefficient (Wildman–Crippen LogP) is 3.56. The molecule has 1 N–H and O–H groups in total. The van der Waals surface area contributed by atoms with Crippen molar-refractivity contribution in [2.45, 2.75) is 13.2 Å². The maximum atomic E-state index is 11.5. The van der Waals surface area contributed by atoms with Crippen molar-refractivity contribution in [3.05, 3.63) is 96.6 Å². The second kappa shape index (κ2) is 12.3. The Balaban J connectivity index is 0.000000196. The second-order valence-corrected chi connectivity index (χ2v) is 7.26. The Morgan fingerprint density at radius 2 is 1.37 bits per heavy atom. The van der Waals surface area contributed by atoms with Crippen LogP contribution in [0.15, 0.2) is 74.4 Å². The summed E-state index contributed by atoms with van der Waals surface area (Å²) in [6.07, 6.45) is 9.79. The van der Waals surface area contributed by atoms with Crippen molar-refractivity contribution in [2.75, 3.05) is 20.3 Å². The molecule has 0 bridgehead atoms. The van der Waals surface area contributed by atoms with Gasteiger partial charge in [0, 0.05) is 12.4 Å². The summed E-state index contributed by atoms with van der Waals surface area (Å²) < 4.78 is 18.5. The number of rotatable bonds is 10. The minimum atomic E-state index is -0.976. The molecule has 0 radical (unpaired) electrons. The van der Waals surface area contributed by atoms with Gasteiger partial charge in [0.15, 0.2) is 0 Å². The Kier molecular flexibility index (Phi) is 8.88. The van der Waals surface area contributed by atoms with Crippen molar-refractivity contribution in [1.82, 2.24) is 19.2 Å². The van der Waals surface area contributed by atoms with Crippen LogP contribution in [0.4, 0.5) is 0 Å². The number of carboxylic acids is 1. The van der Waals surface area contributed by atoms with Gasteiger partial charge in [-0.25, -0.2) is 18.6 Å². The van der Waals surface area contributed by atoms with E-state index in [2.05, 4.69) is 28.1 Å². The van der Waals surface area contributed by atoms with E-state index < -0.39 is 5.97 Å². The monoisotopic (exact) mass is 478 g/mol. The average Bonchev–Trinajstić information content (AvgIpc) is 3.48. The lowest BCUT2D eigenvalue weighted by Crippen LogP contribution is -2.01. The number of carboxylic acid groups (broad SMARTS) is 1. The van der Waals surface area contributed by atoms with Crippen LogP contribution >= 0.6 is 0 Å². The molecule has 4 rings (SSSR count). The zero-order chi connectivity index (χ0) is 25.2. The number of hydrogen-bond acceptors (Lipinski definition) is 7. The minimum absolute atomic E-state index is 0.198. The normalized spacial score (nSPS) is 10.5. The Bertz CT molecular complexity index is 1340. The van der Waals surface area contributed by atoms with Gasteiger partial charge in [0.2, 0.25) is 0 Å². The van der Waals surface area contributed by atoms with E-state index in [1.807, 2.05) is 24.4 Å². The van der Waals surface area contributed by atoms with E-state index in [4.69, 9.17) is 14.6 Å². The molecule has 0 saturated heterocycles. The van der Waals surface area contributed by atoms with Gasteiger partial charge in [-0.3, -0.25) is 0 Å². The number of nitrogens with zero attached hydrogens (tertiary/aromatic N) is 4. The maximum Gasteiger partial charge on any atom is 0.341 e. The summed E-state index contributed by atoms with van der Waals surface area (Å²) >= 11 is 0. The van der Waals surface area contributed by atoms with Crippen LogP contribution in [0.25, 0.3) is 11.0 Å². The minimum Gasteiger partial charge on any atom is -0.478 e. The van der Waals surface area contributed by atoms with E-state index in [9.17, 15) is 9.59 Å². The van der Waals surface area contributed by atoms with Crippen LogP contribution < -0.4 is 0 Å². The van der Waals surface area contributed by atoms with Gasteiger partial charge < -0.3 is 19.3 Å². The Morgan fingerprint density at radius 3 is 1.83 bits per heavy atom. The highest BCUT2D eigenvalue weighted by Gasteiger charge is 2.13. The highest BCUT2D eigenvalue weighted by atomic mass is 16.5. The molecule has 0 unspecified atom stereocenters. The van der Waals surface area contributed by atoms with E-state index in [0.29, 0.717) is 43.0 Å². The molecular formula is C25H26N4O6. The summed E-state index contributed by atoms with van der Waals surface area (Å²) in [7, 11) is 1.35. The molecule has 0 aliphatic carbocycles. The third-order valence-electron chi connectivity index (χ3n) is 4.80. The maximum absolute atomic E-state index is 11.5. The number of aromatic nitrogens is 4. The highest BCUT2D eigenvalue weighted by molar-refractivity contribution is 5.96. The summed E-state index contributed by atoms with van der Waals surface area (Å²) in [6.45, 7) is 9.06. The fourth-order valence-corrected chi connectivity index (χ4v) is 3.18. The first-order valence-corrected chi connectivity index (χ1v) is 10.6. The first-order chi connectivity index (χ1) is 17.0. The fourth-order valence-electron chi connectivity index (χ4n) is 3.18. The van der Waals surface area contributed by atoms with Gasteiger partial charge in [-0.1, -0.05) is 24.3 Å². The van der Waals surface area contributed by atoms with Gasteiger partial charge in [0.1, 0.15) is 11.1 Å². The van der Waals surface area contributed by atoms with Crippen LogP contribution in [0.5, 0.6) is 0 Å². The van der Waals surface area contributed by atoms with Gasteiger partial charge in [0.25, 0.3) is 0 Å². The van der Waals surface area contributed by atoms with Crippen LogP contribution in [0.1, 0.15) is 31.8 Å². The van der Waals surface area contributed by atoms with E-state index in [1.165, 1.54) is 24.0 Å². The van der Waals surface area contributed by atoms with Crippen molar-refractivity contribution < 1.29 is 28.9 Å². The highest BCUT2D eigenvalue weighted by Crippen LogP contribution is 2.14. The molecule has 10 nitrogen and oxygen atoms in total. The van der Waals surface area contributed by atoms with Crippen molar-refractivity contribution in [1.29, 1.82) is 0 Å². The SMILES string of the molecule is C=CCOCc1ccc2c(C(=O)O)cnn2c1.C=CCOCc1ccc2c(C(=O)OC)cnn2c1. The van der Waals surface area contributed by atoms with Crippen molar-refractivity contribution in [3.8, 4) is 0 Å². The molecular weight excluding hydrogens is 452 g/mol. The molecule has 0 aliphatic rings. The number of hydrogen-bond donors (Lipinski definition) is 1. The number of pyridine rings is 2. The summed E-state index contributed by atoms with van der Waals surface area (Å²) in [5.41, 5.74) is 3.85. The Morgan fingerprint density at radius 1 is 0.886 bits per heavy atom.